The van der Waals surface area contributed by atoms with Crippen molar-refractivity contribution in [3.05, 3.63) is 69.7 Å². The van der Waals surface area contributed by atoms with Gasteiger partial charge in [-0.1, -0.05) is 72.4 Å². The number of hydrogen-bond acceptors (Lipinski definition) is 2. The number of halogens is 2. The van der Waals surface area contributed by atoms with Gasteiger partial charge in [0, 0.05) is 12.6 Å². The summed E-state index contributed by atoms with van der Waals surface area (Å²) in [6, 6.07) is 14.9. The minimum Gasteiger partial charge on any atom is -0.352 e. The highest BCUT2D eigenvalue weighted by Crippen LogP contribution is 2.23. The lowest BCUT2D eigenvalue weighted by Gasteiger charge is -2.30. The van der Waals surface area contributed by atoms with Crippen LogP contribution in [0.5, 0.6) is 0 Å². The quantitative estimate of drug-likeness (QED) is 0.616. The van der Waals surface area contributed by atoms with Crippen molar-refractivity contribution in [1.82, 2.24) is 10.2 Å². The van der Waals surface area contributed by atoms with E-state index in [1.165, 1.54) is 0 Å². The van der Waals surface area contributed by atoms with Gasteiger partial charge >= 0.3 is 0 Å². The van der Waals surface area contributed by atoms with Crippen molar-refractivity contribution in [2.45, 2.75) is 57.5 Å². The molecule has 0 radical (unpaired) electrons. The molecule has 1 fully saturated rings. The molecular weight excluding hydrogens is 419 g/mol. The SMILES string of the molecule is C[C@H](C(=O)NC1CCCC1)N(CCc1ccccc1)C(=O)Cc1ccc(Cl)c(Cl)c1. The number of carbonyl (C=O) groups is 2. The van der Waals surface area contributed by atoms with Crippen LogP contribution in [0, 0.1) is 0 Å². The number of rotatable bonds is 8. The highest BCUT2D eigenvalue weighted by Gasteiger charge is 2.28. The molecule has 0 saturated heterocycles. The second-order valence-corrected chi connectivity index (χ2v) is 8.73. The van der Waals surface area contributed by atoms with Gasteiger partial charge < -0.3 is 10.2 Å². The first-order chi connectivity index (χ1) is 14.4. The summed E-state index contributed by atoms with van der Waals surface area (Å²) in [5.41, 5.74) is 1.91. The van der Waals surface area contributed by atoms with E-state index in [-0.39, 0.29) is 24.3 Å². The molecule has 30 heavy (non-hydrogen) atoms. The molecule has 6 heteroatoms. The highest BCUT2D eigenvalue weighted by molar-refractivity contribution is 6.42. The third-order valence-electron chi connectivity index (χ3n) is 5.69. The van der Waals surface area contributed by atoms with Crippen LogP contribution >= 0.6 is 23.2 Å². The number of carbonyl (C=O) groups excluding carboxylic acids is 2. The number of benzene rings is 2. The van der Waals surface area contributed by atoms with Gasteiger partial charge in [0.25, 0.3) is 0 Å². The smallest absolute Gasteiger partial charge is 0.242 e. The van der Waals surface area contributed by atoms with Crippen molar-refractivity contribution in [2.24, 2.45) is 0 Å². The Balaban J connectivity index is 1.71. The number of nitrogens with zero attached hydrogens (tertiary/aromatic N) is 1. The molecule has 0 unspecified atom stereocenters. The summed E-state index contributed by atoms with van der Waals surface area (Å²) < 4.78 is 0. The van der Waals surface area contributed by atoms with Gasteiger partial charge in [-0.3, -0.25) is 9.59 Å². The zero-order valence-corrected chi connectivity index (χ0v) is 18.8. The molecule has 0 aromatic heterocycles. The van der Waals surface area contributed by atoms with E-state index in [4.69, 9.17) is 23.2 Å². The minimum absolute atomic E-state index is 0.0857. The van der Waals surface area contributed by atoms with Crippen LogP contribution in [0.15, 0.2) is 48.5 Å². The summed E-state index contributed by atoms with van der Waals surface area (Å²) in [7, 11) is 0. The van der Waals surface area contributed by atoms with Gasteiger partial charge in [0.15, 0.2) is 0 Å². The lowest BCUT2D eigenvalue weighted by Crippen LogP contribution is -2.51. The van der Waals surface area contributed by atoms with Crippen molar-refractivity contribution in [2.75, 3.05) is 6.54 Å². The number of nitrogens with one attached hydrogen (secondary N) is 1. The molecule has 0 heterocycles. The Morgan fingerprint density at radius 3 is 2.40 bits per heavy atom. The van der Waals surface area contributed by atoms with Crippen molar-refractivity contribution in [3.63, 3.8) is 0 Å². The Bertz CT molecular complexity index is 867. The van der Waals surface area contributed by atoms with E-state index in [9.17, 15) is 9.59 Å². The molecule has 2 aromatic carbocycles. The zero-order chi connectivity index (χ0) is 21.5. The maximum absolute atomic E-state index is 13.2. The fraction of sp³-hybridized carbons (Fsp3) is 0.417. The highest BCUT2D eigenvalue weighted by atomic mass is 35.5. The molecule has 1 aliphatic carbocycles. The predicted octanol–water partition coefficient (Wildman–Crippen LogP) is 5.05. The van der Waals surface area contributed by atoms with E-state index in [2.05, 4.69) is 5.32 Å². The molecule has 1 N–H and O–H groups in total. The van der Waals surface area contributed by atoms with Crippen LogP contribution in [0.4, 0.5) is 0 Å². The van der Waals surface area contributed by atoms with Crippen LogP contribution in [-0.4, -0.2) is 35.3 Å². The van der Waals surface area contributed by atoms with Crippen LogP contribution in [0.3, 0.4) is 0 Å². The summed E-state index contributed by atoms with van der Waals surface area (Å²) in [5, 5.41) is 4.00. The topological polar surface area (TPSA) is 49.4 Å². The van der Waals surface area contributed by atoms with E-state index >= 15 is 0 Å². The average molecular weight is 447 g/mol. The van der Waals surface area contributed by atoms with Crippen LogP contribution in [-0.2, 0) is 22.4 Å². The molecule has 160 valence electrons. The first-order valence-electron chi connectivity index (χ1n) is 10.5. The molecule has 2 aromatic rings. The lowest BCUT2D eigenvalue weighted by molar-refractivity contribution is -0.139. The third kappa shape index (κ3) is 6.23. The fourth-order valence-corrected chi connectivity index (χ4v) is 4.21. The van der Waals surface area contributed by atoms with Crippen molar-refractivity contribution >= 4 is 35.0 Å². The monoisotopic (exact) mass is 446 g/mol. The van der Waals surface area contributed by atoms with Gasteiger partial charge in [0.1, 0.15) is 6.04 Å². The summed E-state index contributed by atoms with van der Waals surface area (Å²) >= 11 is 12.1. The standard InChI is InChI=1S/C24H28Cl2N2O2/c1-17(24(30)27-20-9-5-6-10-20)28(14-13-18-7-3-2-4-8-18)23(29)16-19-11-12-21(25)22(26)15-19/h2-4,7-8,11-12,15,17,20H,5-6,9-10,13-14,16H2,1H3,(H,27,30)/t17-/m1/s1. The van der Waals surface area contributed by atoms with Gasteiger partial charge in [0.05, 0.1) is 16.5 Å². The Hall–Kier alpha value is -2.04. The van der Waals surface area contributed by atoms with Crippen LogP contribution in [0.2, 0.25) is 10.0 Å². The maximum Gasteiger partial charge on any atom is 0.242 e. The van der Waals surface area contributed by atoms with E-state index in [1.54, 1.807) is 23.1 Å². The molecule has 1 atom stereocenters. The Labute approximate surface area is 188 Å². The van der Waals surface area contributed by atoms with E-state index < -0.39 is 6.04 Å². The first-order valence-corrected chi connectivity index (χ1v) is 11.3. The largest absolute Gasteiger partial charge is 0.352 e. The van der Waals surface area contributed by atoms with Gasteiger partial charge in [0.2, 0.25) is 11.8 Å². The van der Waals surface area contributed by atoms with E-state index in [0.29, 0.717) is 23.0 Å². The molecular formula is C24H28Cl2N2O2. The van der Waals surface area contributed by atoms with Gasteiger partial charge in [-0.15, -0.1) is 0 Å². The molecule has 4 nitrogen and oxygen atoms in total. The molecule has 0 aliphatic heterocycles. The fourth-order valence-electron chi connectivity index (χ4n) is 3.89. The molecule has 3 rings (SSSR count). The minimum atomic E-state index is -0.537. The van der Waals surface area contributed by atoms with Gasteiger partial charge in [-0.25, -0.2) is 0 Å². The number of amides is 2. The predicted molar refractivity (Wildman–Crippen MR) is 122 cm³/mol. The zero-order valence-electron chi connectivity index (χ0n) is 17.2. The lowest BCUT2D eigenvalue weighted by atomic mass is 10.1. The second-order valence-electron chi connectivity index (χ2n) is 7.91. The molecule has 1 aliphatic rings. The van der Waals surface area contributed by atoms with E-state index in [1.807, 2.05) is 37.3 Å². The third-order valence-corrected chi connectivity index (χ3v) is 6.43. The Morgan fingerprint density at radius 2 is 1.73 bits per heavy atom. The van der Waals surface area contributed by atoms with Crippen LogP contribution in [0.25, 0.3) is 0 Å². The molecule has 0 bridgehead atoms. The average Bonchev–Trinajstić information content (AvgIpc) is 3.24. The second kappa shape index (κ2) is 10.8. The van der Waals surface area contributed by atoms with Gasteiger partial charge in [-0.2, -0.15) is 0 Å². The number of hydrogen-bond donors (Lipinski definition) is 1. The normalized spacial score (nSPS) is 15.0. The summed E-state index contributed by atoms with van der Waals surface area (Å²) in [6.07, 6.45) is 5.18. The summed E-state index contributed by atoms with van der Waals surface area (Å²) in [5.74, 6) is -0.184. The molecule has 0 spiro atoms. The van der Waals surface area contributed by atoms with Crippen molar-refractivity contribution in [1.29, 1.82) is 0 Å². The van der Waals surface area contributed by atoms with Crippen LogP contribution < -0.4 is 5.32 Å². The van der Waals surface area contributed by atoms with Crippen molar-refractivity contribution in [3.8, 4) is 0 Å². The maximum atomic E-state index is 13.2. The molecule has 1 saturated carbocycles. The van der Waals surface area contributed by atoms with E-state index in [0.717, 1.165) is 36.8 Å². The summed E-state index contributed by atoms with van der Waals surface area (Å²) in [6.45, 7) is 2.28. The van der Waals surface area contributed by atoms with Crippen LogP contribution in [0.1, 0.15) is 43.7 Å². The molecule has 2 amide bonds. The summed E-state index contributed by atoms with van der Waals surface area (Å²) in [4.78, 5) is 27.7. The Kier molecular flexibility index (Phi) is 8.17. The first kappa shape index (κ1) is 22.6. The Morgan fingerprint density at radius 1 is 1.03 bits per heavy atom. The van der Waals surface area contributed by atoms with Gasteiger partial charge in [-0.05, 0) is 49.4 Å². The van der Waals surface area contributed by atoms with Crippen molar-refractivity contribution < 1.29 is 9.59 Å².